The summed E-state index contributed by atoms with van der Waals surface area (Å²) in [5, 5.41) is 8.54. The summed E-state index contributed by atoms with van der Waals surface area (Å²) in [6.07, 6.45) is -3.93. The van der Waals surface area contributed by atoms with Gasteiger partial charge in [0.1, 0.15) is 0 Å². The largest absolute Gasteiger partial charge is 0.476 e. The molecule has 1 rings (SSSR count). The van der Waals surface area contributed by atoms with Gasteiger partial charge >= 0.3 is 18.1 Å². The molecule has 16 heavy (non-hydrogen) atoms. The number of carboxylic acid groups (broad SMARTS) is 1. The Morgan fingerprint density at radius 2 is 2.19 bits per heavy atom. The second-order valence-electron chi connectivity index (χ2n) is 3.23. The predicted molar refractivity (Wildman–Crippen MR) is 47.6 cm³/mol. The Bertz CT molecular complexity index is 298. The average Bonchev–Trinajstić information content (AvgIpc) is 2.20. The van der Waals surface area contributed by atoms with E-state index in [9.17, 15) is 18.4 Å². The van der Waals surface area contributed by atoms with Gasteiger partial charge in [0, 0.05) is 13.1 Å². The van der Waals surface area contributed by atoms with Crippen LogP contribution in [-0.4, -0.2) is 52.8 Å². The van der Waals surface area contributed by atoms with Gasteiger partial charge in [-0.3, -0.25) is 0 Å². The average molecular weight is 238 g/mol. The van der Waals surface area contributed by atoms with E-state index >= 15 is 0 Å². The van der Waals surface area contributed by atoms with E-state index in [-0.39, 0.29) is 6.54 Å². The first kappa shape index (κ1) is 12.6. The van der Waals surface area contributed by atoms with Crippen molar-refractivity contribution in [2.45, 2.75) is 19.5 Å². The molecule has 0 radical (unpaired) electrons. The van der Waals surface area contributed by atoms with Crippen LogP contribution in [0.4, 0.5) is 13.6 Å². The van der Waals surface area contributed by atoms with Crippen molar-refractivity contribution >= 4 is 12.0 Å². The first-order chi connectivity index (χ1) is 7.38. The van der Waals surface area contributed by atoms with Crippen LogP contribution in [0.2, 0.25) is 0 Å². The second-order valence-corrected chi connectivity index (χ2v) is 3.23. The lowest BCUT2D eigenvalue weighted by atomic mass is 10.3. The first-order valence-electron chi connectivity index (χ1n) is 4.75. The van der Waals surface area contributed by atoms with Gasteiger partial charge in [0.05, 0.1) is 6.54 Å². The highest BCUT2D eigenvalue weighted by molar-refractivity contribution is 5.76. The van der Waals surface area contributed by atoms with Gasteiger partial charge in [0.2, 0.25) is 0 Å². The molecule has 0 saturated carbocycles. The molecule has 0 spiro atoms. The summed E-state index contributed by atoms with van der Waals surface area (Å²) in [7, 11) is 0. The summed E-state index contributed by atoms with van der Waals surface area (Å²) in [6.45, 7) is 2.46. The molecule has 0 aliphatic carbocycles. The number of carbonyl (C=O) groups excluding carboxylic acids is 1. The number of nitrogens with zero attached hydrogens (tertiary/aromatic N) is 2. The fourth-order valence-electron chi connectivity index (χ4n) is 1.31. The third-order valence-corrected chi connectivity index (χ3v) is 2.13. The highest BCUT2D eigenvalue weighted by Crippen LogP contribution is 2.20. The van der Waals surface area contributed by atoms with Crippen LogP contribution < -0.4 is 0 Å². The molecular formula is C8H12F2N2O4. The Labute approximate surface area is 90.3 Å². The molecule has 0 aromatic carbocycles. The lowest BCUT2D eigenvalue weighted by Crippen LogP contribution is -2.52. The molecule has 0 bridgehead atoms. The predicted octanol–water partition coefficient (Wildman–Crippen LogP) is 0.743. The molecule has 1 saturated heterocycles. The van der Waals surface area contributed by atoms with Gasteiger partial charge in [-0.05, 0) is 13.3 Å². The molecule has 1 aliphatic rings. The zero-order valence-corrected chi connectivity index (χ0v) is 8.65. The highest BCUT2D eigenvalue weighted by Gasteiger charge is 2.45. The van der Waals surface area contributed by atoms with Gasteiger partial charge in [-0.2, -0.15) is 18.7 Å². The second kappa shape index (κ2) is 4.60. The lowest BCUT2D eigenvalue weighted by Gasteiger charge is -2.34. The van der Waals surface area contributed by atoms with Crippen molar-refractivity contribution < 1.29 is 28.3 Å². The normalized spacial score (nSPS) is 17.8. The van der Waals surface area contributed by atoms with E-state index in [4.69, 9.17) is 5.11 Å². The molecule has 6 nitrogen and oxygen atoms in total. The van der Waals surface area contributed by atoms with E-state index in [1.54, 1.807) is 6.92 Å². The first-order valence-corrected chi connectivity index (χ1v) is 4.75. The summed E-state index contributed by atoms with van der Waals surface area (Å²) in [4.78, 5) is 26.8. The third kappa shape index (κ3) is 2.57. The number of halogens is 2. The fraction of sp³-hybridized carbons (Fsp3) is 0.750. The summed E-state index contributed by atoms with van der Waals surface area (Å²) in [6, 6.07) is -0.741. The smallest absolute Gasteiger partial charge is 0.475 e. The van der Waals surface area contributed by atoms with Crippen molar-refractivity contribution in [3.8, 4) is 0 Å². The number of carbonyl (C=O) groups is 2. The Morgan fingerprint density at radius 1 is 1.56 bits per heavy atom. The molecule has 0 unspecified atom stereocenters. The number of hydroxylamine groups is 2. The summed E-state index contributed by atoms with van der Waals surface area (Å²) in [5.41, 5.74) is 0. The van der Waals surface area contributed by atoms with Gasteiger partial charge in [0.25, 0.3) is 0 Å². The monoisotopic (exact) mass is 238 g/mol. The maximum Gasteiger partial charge on any atom is 0.476 e. The van der Waals surface area contributed by atoms with Crippen LogP contribution in [0, 0.1) is 0 Å². The fourth-order valence-corrected chi connectivity index (χ4v) is 1.31. The third-order valence-electron chi connectivity index (χ3n) is 2.13. The summed E-state index contributed by atoms with van der Waals surface area (Å²) >= 11 is 0. The van der Waals surface area contributed by atoms with Crippen molar-refractivity contribution in [2.24, 2.45) is 0 Å². The number of amides is 2. The molecule has 8 heteroatoms. The van der Waals surface area contributed by atoms with Gasteiger partial charge in [-0.15, -0.1) is 0 Å². The van der Waals surface area contributed by atoms with Crippen molar-refractivity contribution in [3.05, 3.63) is 0 Å². The van der Waals surface area contributed by atoms with E-state index in [1.807, 2.05) is 0 Å². The molecule has 0 aromatic rings. The molecule has 0 atom stereocenters. The number of hydrogen-bond donors (Lipinski definition) is 1. The SMILES string of the molecule is CCN1CCCN(OC(F)(F)C(=O)O)C1=O. The minimum Gasteiger partial charge on any atom is -0.475 e. The topological polar surface area (TPSA) is 70.1 Å². The molecule has 92 valence electrons. The van der Waals surface area contributed by atoms with Crippen LogP contribution in [0.1, 0.15) is 13.3 Å². The van der Waals surface area contributed by atoms with E-state index < -0.39 is 18.1 Å². The standard InChI is InChI=1S/C8H12F2N2O4/c1-2-11-4-3-5-12(7(11)15)16-8(9,10)6(13)14/h2-5H2,1H3,(H,13,14). The maximum atomic E-state index is 12.7. The van der Waals surface area contributed by atoms with Crippen molar-refractivity contribution in [2.75, 3.05) is 19.6 Å². The molecule has 1 fully saturated rings. The van der Waals surface area contributed by atoms with Gasteiger partial charge in [0.15, 0.2) is 0 Å². The van der Waals surface area contributed by atoms with Gasteiger partial charge in [-0.1, -0.05) is 0 Å². The number of aliphatic carboxylic acids is 1. The summed E-state index contributed by atoms with van der Waals surface area (Å²) < 4.78 is 25.4. The van der Waals surface area contributed by atoms with Crippen LogP contribution in [0.15, 0.2) is 0 Å². The van der Waals surface area contributed by atoms with Crippen molar-refractivity contribution in [1.82, 2.24) is 9.96 Å². The van der Waals surface area contributed by atoms with Gasteiger partial charge < -0.3 is 10.0 Å². The van der Waals surface area contributed by atoms with Crippen molar-refractivity contribution in [1.29, 1.82) is 0 Å². The minimum atomic E-state index is -4.38. The van der Waals surface area contributed by atoms with Gasteiger partial charge in [-0.25, -0.2) is 9.59 Å². The Balaban J connectivity index is 2.67. The number of urea groups is 1. The van der Waals surface area contributed by atoms with Crippen LogP contribution >= 0.6 is 0 Å². The molecular weight excluding hydrogens is 226 g/mol. The minimum absolute atomic E-state index is 0.0434. The molecule has 1 N–H and O–H groups in total. The maximum absolute atomic E-state index is 12.7. The van der Waals surface area contributed by atoms with Crippen LogP contribution in [-0.2, 0) is 9.63 Å². The molecule has 2 amide bonds. The number of hydrogen-bond acceptors (Lipinski definition) is 3. The lowest BCUT2D eigenvalue weighted by molar-refractivity contribution is -0.327. The Morgan fingerprint density at radius 3 is 2.69 bits per heavy atom. The van der Waals surface area contributed by atoms with E-state index in [0.29, 0.717) is 24.6 Å². The number of alkyl halides is 2. The molecule has 0 aromatic heterocycles. The zero-order chi connectivity index (χ0) is 12.3. The van der Waals surface area contributed by atoms with Crippen LogP contribution in [0.5, 0.6) is 0 Å². The quantitative estimate of drug-likeness (QED) is 0.784. The van der Waals surface area contributed by atoms with Crippen LogP contribution in [0.25, 0.3) is 0 Å². The van der Waals surface area contributed by atoms with E-state index in [2.05, 4.69) is 4.84 Å². The van der Waals surface area contributed by atoms with Crippen LogP contribution in [0.3, 0.4) is 0 Å². The van der Waals surface area contributed by atoms with E-state index in [0.717, 1.165) is 0 Å². The number of carboxylic acids is 1. The summed E-state index contributed by atoms with van der Waals surface area (Å²) in [5.74, 6) is -2.42. The van der Waals surface area contributed by atoms with Crippen molar-refractivity contribution in [3.63, 3.8) is 0 Å². The van der Waals surface area contributed by atoms with E-state index in [1.165, 1.54) is 4.90 Å². The zero-order valence-electron chi connectivity index (χ0n) is 8.65. The Hall–Kier alpha value is -1.44. The molecule has 1 aliphatic heterocycles. The highest BCUT2D eigenvalue weighted by atomic mass is 19.3. The number of rotatable bonds is 4. The Kier molecular flexibility index (Phi) is 3.63. The molecule has 1 heterocycles.